The molecule has 0 aliphatic heterocycles. The number of ether oxygens (including phenoxy) is 1. The number of halogens is 3. The largest absolute Gasteiger partial charge is 0.459 e. The van der Waals surface area contributed by atoms with Crippen molar-refractivity contribution >= 4 is 5.97 Å². The number of allylic oxidation sites excluding steroid dienone is 2. The van der Waals surface area contributed by atoms with E-state index in [0.717, 1.165) is 62.8 Å². The van der Waals surface area contributed by atoms with Crippen LogP contribution in [0.5, 0.6) is 0 Å². The van der Waals surface area contributed by atoms with Crippen LogP contribution in [0, 0.1) is 17.2 Å². The lowest BCUT2D eigenvalue weighted by atomic mass is 9.84. The van der Waals surface area contributed by atoms with Crippen molar-refractivity contribution in [1.29, 1.82) is 5.26 Å². The van der Waals surface area contributed by atoms with Crippen LogP contribution >= 0.6 is 0 Å². The number of nitrogens with zero attached hydrogens (tertiary/aromatic N) is 1. The summed E-state index contributed by atoms with van der Waals surface area (Å²) in [5.74, 6) is -0.0153. The second-order valence-electron chi connectivity index (χ2n) is 6.23. The van der Waals surface area contributed by atoms with Gasteiger partial charge in [-0.25, -0.2) is 4.79 Å². The van der Waals surface area contributed by atoms with E-state index in [-0.39, 0.29) is 11.7 Å². The fraction of sp³-hybridized carbons (Fsp3) is 0.474. The quantitative estimate of drug-likeness (QED) is 0.535. The van der Waals surface area contributed by atoms with Crippen LogP contribution in [-0.2, 0) is 10.9 Å². The molecule has 0 aromatic heterocycles. The van der Waals surface area contributed by atoms with Gasteiger partial charge in [0.05, 0.1) is 17.2 Å². The molecular weight excluding hydrogens is 331 g/mol. The molecule has 1 aliphatic rings. The van der Waals surface area contributed by atoms with Gasteiger partial charge in [0.15, 0.2) is 0 Å². The number of nitriles is 1. The number of rotatable bonds is 5. The first kappa shape index (κ1) is 19.0. The topological polar surface area (TPSA) is 50.1 Å². The van der Waals surface area contributed by atoms with Gasteiger partial charge in [-0.05, 0) is 68.7 Å². The summed E-state index contributed by atoms with van der Waals surface area (Å²) in [5, 5.41) is 8.43. The van der Waals surface area contributed by atoms with Crippen LogP contribution in [0.2, 0.25) is 0 Å². The van der Waals surface area contributed by atoms with Gasteiger partial charge in [-0.15, -0.1) is 0 Å². The molecule has 0 atom stereocenters. The molecule has 1 aliphatic carbocycles. The highest BCUT2D eigenvalue weighted by Crippen LogP contribution is 2.31. The Kier molecular flexibility index (Phi) is 6.63. The SMILES string of the molecule is N#CC=CCCC1CCC(OC(=O)c2ccc(C(F)(F)F)cc2)CC1. The van der Waals surface area contributed by atoms with Crippen molar-refractivity contribution in [3.63, 3.8) is 0 Å². The molecule has 0 saturated heterocycles. The Bertz CT molecular complexity index is 636. The minimum Gasteiger partial charge on any atom is -0.459 e. The van der Waals surface area contributed by atoms with Crippen molar-refractivity contribution in [3.8, 4) is 6.07 Å². The molecule has 0 amide bonds. The minimum atomic E-state index is -4.41. The number of esters is 1. The molecule has 25 heavy (non-hydrogen) atoms. The third-order valence-electron chi connectivity index (χ3n) is 4.45. The fourth-order valence-electron chi connectivity index (χ4n) is 3.02. The van der Waals surface area contributed by atoms with Gasteiger partial charge in [-0.2, -0.15) is 18.4 Å². The lowest BCUT2D eigenvalue weighted by Gasteiger charge is -2.28. The maximum atomic E-state index is 12.5. The summed E-state index contributed by atoms with van der Waals surface area (Å²) in [4.78, 5) is 12.1. The van der Waals surface area contributed by atoms with E-state index in [1.54, 1.807) is 0 Å². The third kappa shape index (κ3) is 5.93. The average Bonchev–Trinajstić information content (AvgIpc) is 2.59. The predicted octanol–water partition coefficient (Wildman–Crippen LogP) is 5.28. The van der Waals surface area contributed by atoms with Gasteiger partial charge < -0.3 is 4.74 Å². The van der Waals surface area contributed by atoms with E-state index >= 15 is 0 Å². The summed E-state index contributed by atoms with van der Waals surface area (Å²) >= 11 is 0. The molecule has 1 saturated carbocycles. The standard InChI is InChI=1S/C19H20F3NO2/c20-19(21,22)16-9-7-15(8-10-16)18(24)25-17-11-5-14(6-12-17)4-2-1-3-13-23/h1,3,7-10,14,17H,2,4-6,11-12H2. The highest BCUT2D eigenvalue weighted by atomic mass is 19.4. The Morgan fingerprint density at radius 3 is 2.40 bits per heavy atom. The van der Waals surface area contributed by atoms with E-state index in [4.69, 9.17) is 10.00 Å². The first-order valence-corrected chi connectivity index (χ1v) is 8.33. The second-order valence-corrected chi connectivity index (χ2v) is 6.23. The Morgan fingerprint density at radius 1 is 1.20 bits per heavy atom. The number of carbonyl (C=O) groups excluding carboxylic acids is 1. The molecule has 1 aromatic carbocycles. The summed E-state index contributed by atoms with van der Waals surface area (Å²) < 4.78 is 43.0. The molecular formula is C19H20F3NO2. The molecule has 1 fully saturated rings. The number of carbonyl (C=O) groups is 1. The smallest absolute Gasteiger partial charge is 0.416 e. The van der Waals surface area contributed by atoms with E-state index in [1.807, 2.05) is 12.1 Å². The minimum absolute atomic E-state index is 0.136. The number of alkyl halides is 3. The van der Waals surface area contributed by atoms with E-state index in [9.17, 15) is 18.0 Å². The maximum Gasteiger partial charge on any atom is 0.416 e. The van der Waals surface area contributed by atoms with Crippen molar-refractivity contribution in [1.82, 2.24) is 0 Å². The monoisotopic (exact) mass is 351 g/mol. The normalized spacial score (nSPS) is 21.0. The van der Waals surface area contributed by atoms with Gasteiger partial charge in [0.2, 0.25) is 0 Å². The second kappa shape index (κ2) is 8.70. The third-order valence-corrected chi connectivity index (χ3v) is 4.45. The number of hydrogen-bond acceptors (Lipinski definition) is 3. The summed E-state index contributed by atoms with van der Waals surface area (Å²) in [5.41, 5.74) is -0.647. The molecule has 2 rings (SSSR count). The van der Waals surface area contributed by atoms with Crippen LogP contribution in [0.25, 0.3) is 0 Å². The molecule has 134 valence electrons. The predicted molar refractivity (Wildman–Crippen MR) is 86.6 cm³/mol. The lowest BCUT2D eigenvalue weighted by molar-refractivity contribution is -0.137. The molecule has 0 radical (unpaired) electrons. The van der Waals surface area contributed by atoms with Gasteiger partial charge >= 0.3 is 12.1 Å². The molecule has 6 heteroatoms. The molecule has 0 heterocycles. The van der Waals surface area contributed by atoms with Crippen molar-refractivity contribution in [2.75, 3.05) is 0 Å². The Labute approximate surface area is 145 Å². The zero-order valence-corrected chi connectivity index (χ0v) is 13.8. The van der Waals surface area contributed by atoms with Crippen LogP contribution in [0.1, 0.15) is 54.4 Å². The van der Waals surface area contributed by atoms with Crippen LogP contribution in [-0.4, -0.2) is 12.1 Å². The van der Waals surface area contributed by atoms with Crippen molar-refractivity contribution in [2.24, 2.45) is 5.92 Å². The van der Waals surface area contributed by atoms with Crippen LogP contribution in [0.15, 0.2) is 36.4 Å². The molecule has 0 unspecified atom stereocenters. The van der Waals surface area contributed by atoms with E-state index in [0.29, 0.717) is 5.92 Å². The van der Waals surface area contributed by atoms with Crippen molar-refractivity contribution < 1.29 is 22.7 Å². The molecule has 0 N–H and O–H groups in total. The summed E-state index contributed by atoms with van der Waals surface area (Å²) in [6.45, 7) is 0. The van der Waals surface area contributed by atoms with Crippen LogP contribution < -0.4 is 0 Å². The van der Waals surface area contributed by atoms with Crippen molar-refractivity contribution in [2.45, 2.75) is 50.8 Å². The molecule has 1 aromatic rings. The van der Waals surface area contributed by atoms with E-state index in [1.165, 1.54) is 6.08 Å². The zero-order chi connectivity index (χ0) is 18.3. The highest BCUT2D eigenvalue weighted by molar-refractivity contribution is 5.89. The average molecular weight is 351 g/mol. The molecule has 3 nitrogen and oxygen atoms in total. The van der Waals surface area contributed by atoms with Crippen molar-refractivity contribution in [3.05, 3.63) is 47.5 Å². The summed E-state index contributed by atoms with van der Waals surface area (Å²) in [6, 6.07) is 6.05. The first-order chi connectivity index (χ1) is 11.9. The first-order valence-electron chi connectivity index (χ1n) is 8.33. The van der Waals surface area contributed by atoms with Gasteiger partial charge in [-0.1, -0.05) is 6.08 Å². The Morgan fingerprint density at radius 2 is 1.84 bits per heavy atom. The van der Waals surface area contributed by atoms with Gasteiger partial charge in [-0.3, -0.25) is 0 Å². The molecule has 0 spiro atoms. The summed E-state index contributed by atoms with van der Waals surface area (Å²) in [6.07, 6.45) is 4.05. The Hall–Kier alpha value is -2.29. The fourth-order valence-corrected chi connectivity index (χ4v) is 3.02. The van der Waals surface area contributed by atoms with Gasteiger partial charge in [0.1, 0.15) is 6.10 Å². The maximum absolute atomic E-state index is 12.5. The zero-order valence-electron chi connectivity index (χ0n) is 13.8. The van der Waals surface area contributed by atoms with Crippen LogP contribution in [0.3, 0.4) is 0 Å². The number of hydrogen-bond donors (Lipinski definition) is 0. The van der Waals surface area contributed by atoms with Gasteiger partial charge in [0, 0.05) is 6.08 Å². The van der Waals surface area contributed by atoms with Crippen LogP contribution in [0.4, 0.5) is 13.2 Å². The lowest BCUT2D eigenvalue weighted by Crippen LogP contribution is -2.24. The van der Waals surface area contributed by atoms with E-state index in [2.05, 4.69) is 0 Å². The summed E-state index contributed by atoms with van der Waals surface area (Å²) in [7, 11) is 0. The number of benzene rings is 1. The molecule has 0 bridgehead atoms. The van der Waals surface area contributed by atoms with E-state index < -0.39 is 17.7 Å². The Balaban J connectivity index is 1.78. The highest BCUT2D eigenvalue weighted by Gasteiger charge is 2.30. The van der Waals surface area contributed by atoms with Gasteiger partial charge in [0.25, 0.3) is 0 Å².